The van der Waals surface area contributed by atoms with E-state index in [4.69, 9.17) is 4.74 Å². The Kier molecular flexibility index (Phi) is 7.62. The van der Waals surface area contributed by atoms with Gasteiger partial charge in [0.2, 0.25) is 0 Å². The summed E-state index contributed by atoms with van der Waals surface area (Å²) in [6.07, 6.45) is 0.996. The van der Waals surface area contributed by atoms with Crippen LogP contribution in [0.25, 0.3) is 0 Å². The molecule has 0 aliphatic rings. The molecule has 0 aliphatic heterocycles. The summed E-state index contributed by atoms with van der Waals surface area (Å²) >= 11 is 15.8. The quantitative estimate of drug-likeness (QED) is 0.271. The van der Waals surface area contributed by atoms with E-state index in [0.29, 0.717) is 6.61 Å². The van der Waals surface area contributed by atoms with Crippen molar-refractivity contribution in [2.24, 2.45) is 0 Å². The van der Waals surface area contributed by atoms with Crippen molar-refractivity contribution >= 4 is 75.5 Å². The molecule has 0 saturated carbocycles. The average Bonchev–Trinajstić information content (AvgIpc) is 2.42. The van der Waals surface area contributed by atoms with E-state index in [1.807, 2.05) is 30.0 Å². The molecule has 0 aliphatic carbocycles. The minimum Gasteiger partial charge on any atom is -0.492 e. The maximum absolute atomic E-state index is 5.78. The third-order valence-corrected chi connectivity index (χ3v) is 6.28. The van der Waals surface area contributed by atoms with Gasteiger partial charge in [-0.2, -0.15) is 0 Å². The molecule has 2 aromatic rings. The van der Waals surface area contributed by atoms with Crippen molar-refractivity contribution in [3.05, 3.63) is 54.3 Å². The molecule has 0 saturated heterocycles. The minimum absolute atomic E-state index is 0.710. The Balaban J connectivity index is 1.75. The van der Waals surface area contributed by atoms with Crippen LogP contribution < -0.4 is 4.74 Å². The monoisotopic (exact) mass is 556 g/mol. The largest absolute Gasteiger partial charge is 0.492 e. The van der Waals surface area contributed by atoms with E-state index in [0.717, 1.165) is 35.8 Å². The summed E-state index contributed by atoms with van der Waals surface area (Å²) in [7, 11) is 0. The van der Waals surface area contributed by atoms with Gasteiger partial charge in [0.05, 0.1) is 11.1 Å². The number of thioether (sulfide) groups is 1. The fraction of sp³-hybridized carbons (Fsp3) is 0.200. The van der Waals surface area contributed by atoms with Gasteiger partial charge in [0, 0.05) is 24.1 Å². The second kappa shape index (κ2) is 8.96. The van der Waals surface area contributed by atoms with Crippen molar-refractivity contribution in [2.45, 2.75) is 11.3 Å². The standard InChI is InChI=1S/C15H12Br4OS/c16-10-2-4-14(12(18)8-10)20-6-1-7-21-15-5-3-11(17)9-13(15)19/h2-5,8-9H,1,6-7H2. The van der Waals surface area contributed by atoms with Gasteiger partial charge in [-0.25, -0.2) is 0 Å². The molecular weight excluding hydrogens is 548 g/mol. The van der Waals surface area contributed by atoms with Gasteiger partial charge in [-0.1, -0.05) is 31.9 Å². The summed E-state index contributed by atoms with van der Waals surface area (Å²) in [4.78, 5) is 1.25. The lowest BCUT2D eigenvalue weighted by molar-refractivity contribution is 0.316. The molecule has 0 spiro atoms. The molecule has 0 heterocycles. The molecule has 0 atom stereocenters. The zero-order valence-electron chi connectivity index (χ0n) is 10.9. The Hall–Kier alpha value is 0.510. The molecule has 2 aromatic carbocycles. The average molecular weight is 560 g/mol. The van der Waals surface area contributed by atoms with Gasteiger partial charge in [0.15, 0.2) is 0 Å². The lowest BCUT2D eigenvalue weighted by Gasteiger charge is -2.09. The van der Waals surface area contributed by atoms with E-state index >= 15 is 0 Å². The Bertz CT molecular complexity index is 565. The number of ether oxygens (including phenoxy) is 1. The van der Waals surface area contributed by atoms with Crippen molar-refractivity contribution in [1.29, 1.82) is 0 Å². The summed E-state index contributed by atoms with van der Waals surface area (Å²) in [6.45, 7) is 0.710. The highest BCUT2D eigenvalue weighted by molar-refractivity contribution is 9.11. The fourth-order valence-corrected chi connectivity index (χ4v) is 5.00. The molecule has 0 radical (unpaired) electrons. The lowest BCUT2D eigenvalue weighted by Crippen LogP contribution is -1.99. The van der Waals surface area contributed by atoms with Crippen LogP contribution in [0, 0.1) is 0 Å². The Labute approximate surface area is 162 Å². The van der Waals surface area contributed by atoms with Gasteiger partial charge in [0.25, 0.3) is 0 Å². The van der Waals surface area contributed by atoms with E-state index in [9.17, 15) is 0 Å². The van der Waals surface area contributed by atoms with Crippen LogP contribution in [0.1, 0.15) is 6.42 Å². The molecule has 0 unspecified atom stereocenters. The highest BCUT2D eigenvalue weighted by Gasteiger charge is 2.03. The second-order valence-corrected chi connectivity index (χ2v) is 8.88. The summed E-state index contributed by atoms with van der Waals surface area (Å²) in [6, 6.07) is 12.2. The molecule has 0 fully saturated rings. The number of hydrogen-bond acceptors (Lipinski definition) is 2. The molecule has 0 N–H and O–H groups in total. The van der Waals surface area contributed by atoms with Crippen LogP contribution in [-0.2, 0) is 0 Å². The highest BCUT2D eigenvalue weighted by Crippen LogP contribution is 2.31. The predicted octanol–water partition coefficient (Wildman–Crippen LogP) is 7.30. The van der Waals surface area contributed by atoms with Crippen LogP contribution in [0.15, 0.2) is 59.2 Å². The van der Waals surface area contributed by atoms with E-state index < -0.39 is 0 Å². The molecule has 21 heavy (non-hydrogen) atoms. The molecular formula is C15H12Br4OS. The first-order valence-electron chi connectivity index (χ1n) is 6.22. The highest BCUT2D eigenvalue weighted by atomic mass is 79.9. The van der Waals surface area contributed by atoms with Crippen molar-refractivity contribution in [3.8, 4) is 5.75 Å². The zero-order valence-corrected chi connectivity index (χ0v) is 18.1. The Morgan fingerprint density at radius 2 is 1.52 bits per heavy atom. The molecule has 0 bridgehead atoms. The lowest BCUT2D eigenvalue weighted by atomic mass is 10.3. The first-order chi connectivity index (χ1) is 10.1. The summed E-state index contributed by atoms with van der Waals surface area (Å²) in [5.74, 6) is 1.90. The molecule has 0 amide bonds. The van der Waals surface area contributed by atoms with Crippen LogP contribution in [0.5, 0.6) is 5.75 Å². The fourth-order valence-electron chi connectivity index (χ4n) is 1.61. The van der Waals surface area contributed by atoms with Gasteiger partial charge in [-0.05, 0) is 74.7 Å². The predicted molar refractivity (Wildman–Crippen MR) is 105 cm³/mol. The molecule has 6 heteroatoms. The van der Waals surface area contributed by atoms with Gasteiger partial charge in [-0.3, -0.25) is 0 Å². The van der Waals surface area contributed by atoms with Gasteiger partial charge in [-0.15, -0.1) is 11.8 Å². The third kappa shape index (κ3) is 5.90. The van der Waals surface area contributed by atoms with Crippen molar-refractivity contribution in [2.75, 3.05) is 12.4 Å². The summed E-state index contributed by atoms with van der Waals surface area (Å²) in [5.41, 5.74) is 0. The van der Waals surface area contributed by atoms with E-state index in [2.05, 4.69) is 81.9 Å². The van der Waals surface area contributed by atoms with E-state index in [1.165, 1.54) is 4.90 Å². The van der Waals surface area contributed by atoms with Crippen LogP contribution in [0.3, 0.4) is 0 Å². The molecule has 0 aromatic heterocycles. The van der Waals surface area contributed by atoms with Gasteiger partial charge < -0.3 is 4.74 Å². The first kappa shape index (κ1) is 17.9. The van der Waals surface area contributed by atoms with E-state index in [1.54, 1.807) is 0 Å². The maximum atomic E-state index is 5.78. The zero-order chi connectivity index (χ0) is 15.2. The number of rotatable bonds is 6. The molecule has 1 nitrogen and oxygen atoms in total. The molecule has 2 rings (SSSR count). The van der Waals surface area contributed by atoms with Crippen LogP contribution in [0.2, 0.25) is 0 Å². The minimum atomic E-state index is 0.710. The molecule has 112 valence electrons. The van der Waals surface area contributed by atoms with Crippen molar-refractivity contribution < 1.29 is 4.74 Å². The maximum Gasteiger partial charge on any atom is 0.133 e. The summed E-state index contributed by atoms with van der Waals surface area (Å²) < 4.78 is 10.00. The van der Waals surface area contributed by atoms with Crippen LogP contribution >= 0.6 is 75.5 Å². The van der Waals surface area contributed by atoms with Crippen molar-refractivity contribution in [1.82, 2.24) is 0 Å². The Morgan fingerprint density at radius 3 is 2.19 bits per heavy atom. The number of benzene rings is 2. The topological polar surface area (TPSA) is 9.23 Å². The van der Waals surface area contributed by atoms with Gasteiger partial charge >= 0.3 is 0 Å². The smallest absolute Gasteiger partial charge is 0.133 e. The number of hydrogen-bond donors (Lipinski definition) is 0. The van der Waals surface area contributed by atoms with Gasteiger partial charge in [0.1, 0.15) is 5.75 Å². The van der Waals surface area contributed by atoms with Crippen molar-refractivity contribution in [3.63, 3.8) is 0 Å². The van der Waals surface area contributed by atoms with Crippen LogP contribution in [-0.4, -0.2) is 12.4 Å². The SMILES string of the molecule is Brc1ccc(OCCCSc2ccc(Br)cc2Br)c(Br)c1. The summed E-state index contributed by atoms with van der Waals surface area (Å²) in [5, 5.41) is 0. The third-order valence-electron chi connectivity index (χ3n) is 2.59. The van der Waals surface area contributed by atoms with Crippen LogP contribution in [0.4, 0.5) is 0 Å². The Morgan fingerprint density at radius 1 is 0.857 bits per heavy atom. The normalized spacial score (nSPS) is 10.7. The number of halogens is 4. The first-order valence-corrected chi connectivity index (χ1v) is 10.4. The van der Waals surface area contributed by atoms with E-state index in [-0.39, 0.29) is 0 Å². The second-order valence-electron chi connectivity index (χ2n) is 4.20.